The second kappa shape index (κ2) is 6.21. The van der Waals surface area contributed by atoms with Gasteiger partial charge in [0.1, 0.15) is 0 Å². The third-order valence-electron chi connectivity index (χ3n) is 3.24. The summed E-state index contributed by atoms with van der Waals surface area (Å²) < 4.78 is 0. The van der Waals surface area contributed by atoms with Crippen LogP contribution in [-0.4, -0.2) is 37.3 Å². The van der Waals surface area contributed by atoms with Gasteiger partial charge in [0.15, 0.2) is 0 Å². The standard InChI is InChI=1S/C12H24N2O2/c1-12(2,5-8-15)9-14-11(16)10-3-6-13-7-4-10/h10,13,15H,3-9H2,1-2H3,(H,14,16). The van der Waals surface area contributed by atoms with Crippen molar-refractivity contribution in [3.8, 4) is 0 Å². The second-order valence-corrected chi connectivity index (χ2v) is 5.38. The highest BCUT2D eigenvalue weighted by Crippen LogP contribution is 2.19. The van der Waals surface area contributed by atoms with Crippen molar-refractivity contribution >= 4 is 5.91 Å². The fourth-order valence-corrected chi connectivity index (χ4v) is 1.95. The molecule has 0 aromatic rings. The fraction of sp³-hybridized carbons (Fsp3) is 0.917. The Balaban J connectivity index is 2.28. The SMILES string of the molecule is CC(C)(CCO)CNC(=O)C1CCNCC1. The van der Waals surface area contributed by atoms with E-state index in [2.05, 4.69) is 24.5 Å². The molecule has 4 nitrogen and oxygen atoms in total. The third kappa shape index (κ3) is 4.49. The fourth-order valence-electron chi connectivity index (χ4n) is 1.95. The van der Waals surface area contributed by atoms with E-state index in [0.717, 1.165) is 32.4 Å². The monoisotopic (exact) mass is 228 g/mol. The minimum absolute atomic E-state index is 0.0165. The topological polar surface area (TPSA) is 61.4 Å². The van der Waals surface area contributed by atoms with Crippen LogP contribution in [0.5, 0.6) is 0 Å². The van der Waals surface area contributed by atoms with E-state index in [1.807, 2.05) is 0 Å². The Morgan fingerprint density at radius 3 is 2.62 bits per heavy atom. The Labute approximate surface area is 97.8 Å². The van der Waals surface area contributed by atoms with E-state index < -0.39 is 0 Å². The Morgan fingerprint density at radius 1 is 1.44 bits per heavy atom. The molecule has 0 radical (unpaired) electrons. The highest BCUT2D eigenvalue weighted by molar-refractivity contribution is 5.78. The van der Waals surface area contributed by atoms with Gasteiger partial charge in [0.05, 0.1) is 0 Å². The molecule has 0 unspecified atom stereocenters. The number of aliphatic hydroxyl groups is 1. The number of hydrogen-bond donors (Lipinski definition) is 3. The van der Waals surface area contributed by atoms with Gasteiger partial charge in [-0.3, -0.25) is 4.79 Å². The average Bonchev–Trinajstić information content (AvgIpc) is 2.27. The summed E-state index contributed by atoms with van der Waals surface area (Å²) in [6.45, 7) is 6.83. The summed E-state index contributed by atoms with van der Waals surface area (Å²) in [4.78, 5) is 11.8. The van der Waals surface area contributed by atoms with E-state index in [-0.39, 0.29) is 23.8 Å². The maximum absolute atomic E-state index is 11.8. The highest BCUT2D eigenvalue weighted by Gasteiger charge is 2.23. The normalized spacial score (nSPS) is 18.4. The van der Waals surface area contributed by atoms with E-state index in [4.69, 9.17) is 5.11 Å². The molecule has 0 aromatic heterocycles. The third-order valence-corrected chi connectivity index (χ3v) is 3.24. The molecule has 1 fully saturated rings. The van der Waals surface area contributed by atoms with Crippen LogP contribution in [-0.2, 0) is 4.79 Å². The summed E-state index contributed by atoms with van der Waals surface area (Å²) in [6, 6.07) is 0. The quantitative estimate of drug-likeness (QED) is 0.642. The van der Waals surface area contributed by atoms with Gasteiger partial charge in [-0.1, -0.05) is 13.8 Å². The van der Waals surface area contributed by atoms with Gasteiger partial charge in [0.2, 0.25) is 5.91 Å². The summed E-state index contributed by atoms with van der Waals surface area (Å²) in [7, 11) is 0. The first-order valence-corrected chi connectivity index (χ1v) is 6.14. The van der Waals surface area contributed by atoms with E-state index >= 15 is 0 Å². The predicted octanol–water partition coefficient (Wildman–Crippen LogP) is 0.511. The summed E-state index contributed by atoms with van der Waals surface area (Å²) in [5.41, 5.74) is -0.0165. The smallest absolute Gasteiger partial charge is 0.223 e. The van der Waals surface area contributed by atoms with Gasteiger partial charge >= 0.3 is 0 Å². The van der Waals surface area contributed by atoms with Crippen molar-refractivity contribution in [2.24, 2.45) is 11.3 Å². The number of piperidine rings is 1. The van der Waals surface area contributed by atoms with Crippen LogP contribution in [0.2, 0.25) is 0 Å². The molecule has 4 heteroatoms. The molecule has 1 saturated heterocycles. The van der Waals surface area contributed by atoms with Crippen molar-refractivity contribution < 1.29 is 9.90 Å². The van der Waals surface area contributed by atoms with Gasteiger partial charge in [-0.15, -0.1) is 0 Å². The number of carbonyl (C=O) groups excluding carboxylic acids is 1. The van der Waals surface area contributed by atoms with Crippen LogP contribution in [0, 0.1) is 11.3 Å². The Hall–Kier alpha value is -0.610. The molecule has 16 heavy (non-hydrogen) atoms. The lowest BCUT2D eigenvalue weighted by Crippen LogP contribution is -2.41. The molecule has 0 aliphatic carbocycles. The van der Waals surface area contributed by atoms with Gasteiger partial charge in [-0.05, 0) is 37.8 Å². The molecule has 0 spiro atoms. The largest absolute Gasteiger partial charge is 0.396 e. The first-order chi connectivity index (χ1) is 7.55. The molecule has 0 aromatic carbocycles. The Bertz CT molecular complexity index is 223. The van der Waals surface area contributed by atoms with Crippen molar-refractivity contribution in [3.05, 3.63) is 0 Å². The van der Waals surface area contributed by atoms with Gasteiger partial charge in [0.25, 0.3) is 0 Å². The van der Waals surface area contributed by atoms with Crippen LogP contribution >= 0.6 is 0 Å². The molecule has 1 aliphatic rings. The van der Waals surface area contributed by atoms with Gasteiger partial charge in [-0.2, -0.15) is 0 Å². The van der Waals surface area contributed by atoms with E-state index in [1.165, 1.54) is 0 Å². The van der Waals surface area contributed by atoms with E-state index in [0.29, 0.717) is 6.54 Å². The van der Waals surface area contributed by atoms with Crippen LogP contribution < -0.4 is 10.6 Å². The van der Waals surface area contributed by atoms with Crippen LogP contribution in [0.25, 0.3) is 0 Å². The first-order valence-electron chi connectivity index (χ1n) is 6.14. The number of nitrogens with one attached hydrogen (secondary N) is 2. The molecule has 1 amide bonds. The van der Waals surface area contributed by atoms with Gasteiger partial charge < -0.3 is 15.7 Å². The van der Waals surface area contributed by atoms with Crippen LogP contribution in [0.4, 0.5) is 0 Å². The number of aliphatic hydroxyl groups excluding tert-OH is 1. The lowest BCUT2D eigenvalue weighted by atomic mass is 9.89. The van der Waals surface area contributed by atoms with E-state index in [9.17, 15) is 4.79 Å². The lowest BCUT2D eigenvalue weighted by Gasteiger charge is -2.27. The van der Waals surface area contributed by atoms with Crippen molar-refractivity contribution in [1.29, 1.82) is 0 Å². The number of amides is 1. The Kier molecular flexibility index (Phi) is 5.22. The molecule has 94 valence electrons. The maximum atomic E-state index is 11.8. The minimum atomic E-state index is -0.0165. The van der Waals surface area contributed by atoms with Gasteiger partial charge in [-0.25, -0.2) is 0 Å². The molecule has 0 saturated carbocycles. The van der Waals surface area contributed by atoms with Crippen LogP contribution in [0.15, 0.2) is 0 Å². The summed E-state index contributed by atoms with van der Waals surface area (Å²) in [6.07, 6.45) is 2.60. The van der Waals surface area contributed by atoms with Crippen molar-refractivity contribution in [3.63, 3.8) is 0 Å². The molecule has 1 rings (SSSR count). The summed E-state index contributed by atoms with van der Waals surface area (Å²) in [5.74, 6) is 0.346. The molecule has 0 atom stereocenters. The highest BCUT2D eigenvalue weighted by atomic mass is 16.3. The zero-order valence-electron chi connectivity index (χ0n) is 10.4. The van der Waals surface area contributed by atoms with Crippen LogP contribution in [0.3, 0.4) is 0 Å². The molecular weight excluding hydrogens is 204 g/mol. The average molecular weight is 228 g/mol. The molecule has 3 N–H and O–H groups in total. The second-order valence-electron chi connectivity index (χ2n) is 5.38. The van der Waals surface area contributed by atoms with Crippen LogP contribution in [0.1, 0.15) is 33.1 Å². The minimum Gasteiger partial charge on any atom is -0.396 e. The molecule has 0 bridgehead atoms. The Morgan fingerprint density at radius 2 is 2.06 bits per heavy atom. The zero-order valence-corrected chi connectivity index (χ0v) is 10.4. The van der Waals surface area contributed by atoms with E-state index in [1.54, 1.807) is 0 Å². The summed E-state index contributed by atoms with van der Waals surface area (Å²) in [5, 5.41) is 15.1. The first kappa shape index (κ1) is 13.5. The molecular formula is C12H24N2O2. The zero-order chi connectivity index (χ0) is 12.0. The number of carbonyl (C=O) groups is 1. The van der Waals surface area contributed by atoms with Crippen molar-refractivity contribution in [2.45, 2.75) is 33.1 Å². The summed E-state index contributed by atoms with van der Waals surface area (Å²) >= 11 is 0. The molecule has 1 heterocycles. The maximum Gasteiger partial charge on any atom is 0.223 e. The van der Waals surface area contributed by atoms with Crippen molar-refractivity contribution in [1.82, 2.24) is 10.6 Å². The van der Waals surface area contributed by atoms with Crippen molar-refractivity contribution in [2.75, 3.05) is 26.2 Å². The lowest BCUT2D eigenvalue weighted by molar-refractivity contribution is -0.126. The number of rotatable bonds is 5. The number of hydrogen-bond acceptors (Lipinski definition) is 3. The molecule has 1 aliphatic heterocycles. The van der Waals surface area contributed by atoms with Gasteiger partial charge in [0, 0.05) is 19.1 Å². The predicted molar refractivity (Wildman–Crippen MR) is 64.1 cm³/mol.